The molecule has 1 heterocycles. The van der Waals surface area contributed by atoms with Crippen molar-refractivity contribution in [2.24, 2.45) is 5.73 Å². The van der Waals surface area contributed by atoms with E-state index in [1.54, 1.807) is 11.4 Å². The summed E-state index contributed by atoms with van der Waals surface area (Å²) in [5.41, 5.74) is 6.56. The normalized spacial score (nSPS) is 13.8. The predicted octanol–water partition coefficient (Wildman–Crippen LogP) is 1.89. The van der Waals surface area contributed by atoms with Crippen LogP contribution in [-0.2, 0) is 12.0 Å². The number of nitrogens with two attached hydrogens (primary N) is 1. The molecule has 0 bridgehead atoms. The third kappa shape index (κ3) is 3.91. The molecule has 0 saturated heterocycles. The zero-order valence-corrected chi connectivity index (χ0v) is 12.8. The van der Waals surface area contributed by atoms with Crippen molar-refractivity contribution in [2.75, 3.05) is 13.2 Å². The van der Waals surface area contributed by atoms with Crippen LogP contribution in [0.3, 0.4) is 0 Å². The Hall–Kier alpha value is -1.69. The quantitative estimate of drug-likeness (QED) is 0.731. The van der Waals surface area contributed by atoms with E-state index in [1.165, 1.54) is 11.3 Å². The number of primary amides is 1. The van der Waals surface area contributed by atoms with E-state index in [0.29, 0.717) is 18.7 Å². The molecule has 4 nitrogen and oxygen atoms in total. The van der Waals surface area contributed by atoms with Gasteiger partial charge in [0.15, 0.2) is 0 Å². The van der Waals surface area contributed by atoms with E-state index in [9.17, 15) is 9.90 Å². The number of benzene rings is 1. The number of aliphatic hydroxyl groups excluding tert-OH is 1. The van der Waals surface area contributed by atoms with Crippen LogP contribution in [0.4, 0.5) is 0 Å². The first-order valence-corrected chi connectivity index (χ1v) is 7.67. The number of nitrogens with one attached hydrogen (secondary N) is 1. The number of hydrogen-bond acceptors (Lipinski definition) is 4. The molecule has 1 atom stereocenters. The molecule has 0 aliphatic heterocycles. The molecule has 0 saturated carbocycles. The summed E-state index contributed by atoms with van der Waals surface area (Å²) >= 11 is 1.51. The number of hydrogen-bond donors (Lipinski definition) is 3. The molecule has 2 aromatic rings. The van der Waals surface area contributed by atoms with Gasteiger partial charge in [-0.2, -0.15) is 0 Å². The Morgan fingerprint density at radius 3 is 2.67 bits per heavy atom. The number of carbonyl (C=O) groups is 1. The van der Waals surface area contributed by atoms with E-state index in [2.05, 4.69) is 5.32 Å². The molecule has 2 rings (SSSR count). The molecule has 0 radical (unpaired) electrons. The SMILES string of the molecule is CC(CO)(CNCc1cc(C(N)=O)cs1)c1ccccc1. The molecular formula is C16H20N2O2S. The van der Waals surface area contributed by atoms with Gasteiger partial charge in [-0.25, -0.2) is 0 Å². The molecule has 0 fully saturated rings. The summed E-state index contributed by atoms with van der Waals surface area (Å²) in [5.74, 6) is -0.401. The lowest BCUT2D eigenvalue weighted by Crippen LogP contribution is -2.38. The molecular weight excluding hydrogens is 284 g/mol. The van der Waals surface area contributed by atoms with Gasteiger partial charge in [0.2, 0.25) is 5.91 Å². The van der Waals surface area contributed by atoms with E-state index in [0.717, 1.165) is 10.4 Å². The molecule has 1 unspecified atom stereocenters. The van der Waals surface area contributed by atoms with Crippen LogP contribution in [0.25, 0.3) is 0 Å². The highest BCUT2D eigenvalue weighted by Crippen LogP contribution is 2.22. The Labute approximate surface area is 128 Å². The van der Waals surface area contributed by atoms with Crippen LogP contribution in [0, 0.1) is 0 Å². The number of aliphatic hydroxyl groups is 1. The molecule has 0 spiro atoms. The third-order valence-corrected chi connectivity index (χ3v) is 4.51. The summed E-state index contributed by atoms with van der Waals surface area (Å²) in [6.07, 6.45) is 0. The topological polar surface area (TPSA) is 75.3 Å². The lowest BCUT2D eigenvalue weighted by Gasteiger charge is -2.28. The summed E-state index contributed by atoms with van der Waals surface area (Å²) in [6, 6.07) is 11.8. The van der Waals surface area contributed by atoms with Crippen molar-refractivity contribution in [3.63, 3.8) is 0 Å². The van der Waals surface area contributed by atoms with Gasteiger partial charge in [-0.1, -0.05) is 37.3 Å². The second-order valence-electron chi connectivity index (χ2n) is 5.35. The highest BCUT2D eigenvalue weighted by atomic mass is 32.1. The second-order valence-corrected chi connectivity index (χ2v) is 6.35. The largest absolute Gasteiger partial charge is 0.395 e. The van der Waals surface area contributed by atoms with Gasteiger partial charge in [0, 0.05) is 28.8 Å². The number of rotatable bonds is 7. The van der Waals surface area contributed by atoms with E-state index in [4.69, 9.17) is 5.73 Å². The third-order valence-electron chi connectivity index (χ3n) is 3.57. The highest BCUT2D eigenvalue weighted by molar-refractivity contribution is 7.10. The van der Waals surface area contributed by atoms with E-state index in [-0.39, 0.29) is 12.0 Å². The monoisotopic (exact) mass is 304 g/mol. The van der Waals surface area contributed by atoms with Crippen LogP contribution in [0.2, 0.25) is 0 Å². The lowest BCUT2D eigenvalue weighted by molar-refractivity contribution is 0.100. The standard InChI is InChI=1S/C16H20N2O2S/c1-16(11-19,13-5-3-2-4-6-13)10-18-8-14-7-12(9-21-14)15(17)20/h2-7,9,18-19H,8,10-11H2,1H3,(H2,17,20). The summed E-state index contributed by atoms with van der Waals surface area (Å²) in [4.78, 5) is 12.1. The van der Waals surface area contributed by atoms with Crippen molar-refractivity contribution >= 4 is 17.2 Å². The van der Waals surface area contributed by atoms with Crippen LogP contribution in [0.1, 0.15) is 27.7 Å². The van der Waals surface area contributed by atoms with Gasteiger partial charge in [0.1, 0.15) is 0 Å². The molecule has 5 heteroatoms. The van der Waals surface area contributed by atoms with Crippen molar-refractivity contribution < 1.29 is 9.90 Å². The Bertz CT molecular complexity index is 597. The van der Waals surface area contributed by atoms with Gasteiger partial charge in [0.05, 0.1) is 12.2 Å². The Kier molecular flexibility index (Phi) is 5.12. The maximum Gasteiger partial charge on any atom is 0.249 e. The molecule has 21 heavy (non-hydrogen) atoms. The Balaban J connectivity index is 1.95. The Morgan fingerprint density at radius 1 is 1.38 bits per heavy atom. The Morgan fingerprint density at radius 2 is 2.10 bits per heavy atom. The van der Waals surface area contributed by atoms with Crippen LogP contribution in [0.5, 0.6) is 0 Å². The van der Waals surface area contributed by atoms with Gasteiger partial charge in [0.25, 0.3) is 0 Å². The lowest BCUT2D eigenvalue weighted by atomic mass is 9.83. The maximum absolute atomic E-state index is 11.1. The predicted molar refractivity (Wildman–Crippen MR) is 85.4 cm³/mol. The van der Waals surface area contributed by atoms with Gasteiger partial charge >= 0.3 is 0 Å². The first-order chi connectivity index (χ1) is 10.0. The van der Waals surface area contributed by atoms with Gasteiger partial charge < -0.3 is 16.2 Å². The fraction of sp³-hybridized carbons (Fsp3) is 0.312. The van der Waals surface area contributed by atoms with E-state index >= 15 is 0 Å². The second kappa shape index (κ2) is 6.85. The minimum Gasteiger partial charge on any atom is -0.395 e. The van der Waals surface area contributed by atoms with Crippen LogP contribution >= 0.6 is 11.3 Å². The maximum atomic E-state index is 11.1. The fourth-order valence-electron chi connectivity index (χ4n) is 2.15. The first kappa shape index (κ1) is 15.7. The number of amides is 1. The molecule has 1 aromatic carbocycles. The summed E-state index contributed by atoms with van der Waals surface area (Å²) in [7, 11) is 0. The average molecular weight is 304 g/mol. The fourth-order valence-corrected chi connectivity index (χ4v) is 3.00. The van der Waals surface area contributed by atoms with Gasteiger partial charge in [-0.3, -0.25) is 4.79 Å². The van der Waals surface area contributed by atoms with Crippen molar-refractivity contribution in [3.8, 4) is 0 Å². The molecule has 0 aliphatic rings. The molecule has 4 N–H and O–H groups in total. The molecule has 1 amide bonds. The molecule has 1 aromatic heterocycles. The smallest absolute Gasteiger partial charge is 0.249 e. The van der Waals surface area contributed by atoms with Crippen molar-refractivity contribution in [3.05, 3.63) is 57.8 Å². The van der Waals surface area contributed by atoms with Crippen molar-refractivity contribution in [1.29, 1.82) is 0 Å². The van der Waals surface area contributed by atoms with Crippen LogP contribution in [0.15, 0.2) is 41.8 Å². The van der Waals surface area contributed by atoms with Gasteiger partial charge in [-0.05, 0) is 11.6 Å². The summed E-state index contributed by atoms with van der Waals surface area (Å²) in [6.45, 7) is 3.40. The summed E-state index contributed by atoms with van der Waals surface area (Å²) in [5, 5.41) is 14.8. The van der Waals surface area contributed by atoms with Gasteiger partial charge in [-0.15, -0.1) is 11.3 Å². The highest BCUT2D eigenvalue weighted by Gasteiger charge is 2.25. The molecule has 0 aliphatic carbocycles. The zero-order chi connectivity index (χ0) is 15.3. The average Bonchev–Trinajstić information content (AvgIpc) is 2.97. The number of thiophene rings is 1. The van der Waals surface area contributed by atoms with Crippen molar-refractivity contribution in [2.45, 2.75) is 18.9 Å². The zero-order valence-electron chi connectivity index (χ0n) is 12.0. The summed E-state index contributed by atoms with van der Waals surface area (Å²) < 4.78 is 0. The van der Waals surface area contributed by atoms with Crippen LogP contribution in [-0.4, -0.2) is 24.2 Å². The first-order valence-electron chi connectivity index (χ1n) is 6.79. The number of carbonyl (C=O) groups excluding carboxylic acids is 1. The van der Waals surface area contributed by atoms with E-state index in [1.807, 2.05) is 37.3 Å². The minimum atomic E-state index is -0.401. The van der Waals surface area contributed by atoms with E-state index < -0.39 is 5.91 Å². The minimum absolute atomic E-state index is 0.0704. The van der Waals surface area contributed by atoms with Crippen molar-refractivity contribution in [1.82, 2.24) is 5.32 Å². The van der Waals surface area contributed by atoms with Crippen LogP contribution < -0.4 is 11.1 Å². The molecule has 112 valence electrons.